The molecule has 0 N–H and O–H groups in total. The highest BCUT2D eigenvalue weighted by Gasteiger charge is 2.51. The van der Waals surface area contributed by atoms with Gasteiger partial charge in [-0.2, -0.15) is 5.26 Å². The average Bonchev–Trinajstić information content (AvgIpc) is 2.63. The molecule has 0 aromatic heterocycles. The van der Waals surface area contributed by atoms with E-state index >= 15 is 0 Å². The van der Waals surface area contributed by atoms with Gasteiger partial charge in [-0.1, -0.05) is 13.8 Å². The summed E-state index contributed by atoms with van der Waals surface area (Å²) in [4.78, 5) is 0. The molecule has 0 saturated heterocycles. The molecule has 0 bridgehead atoms. The number of hydrogen-bond acceptors (Lipinski definition) is 1. The number of rotatable bonds is 2. The Labute approximate surface area is 56.7 Å². The summed E-state index contributed by atoms with van der Waals surface area (Å²) in [6, 6.07) is 2.33. The van der Waals surface area contributed by atoms with Crippen LogP contribution in [0.4, 0.5) is 0 Å². The van der Waals surface area contributed by atoms with Crippen molar-refractivity contribution in [3.8, 4) is 6.07 Å². The predicted molar refractivity (Wildman–Crippen MR) is 36.7 cm³/mol. The van der Waals surface area contributed by atoms with Crippen molar-refractivity contribution in [2.45, 2.75) is 33.1 Å². The summed E-state index contributed by atoms with van der Waals surface area (Å²) in [6.07, 6.45) is 3.51. The van der Waals surface area contributed by atoms with Gasteiger partial charge in [0.25, 0.3) is 0 Å². The van der Waals surface area contributed by atoms with Crippen LogP contribution in [-0.4, -0.2) is 0 Å². The lowest BCUT2D eigenvalue weighted by molar-refractivity contribution is 0.449. The van der Waals surface area contributed by atoms with Crippen molar-refractivity contribution in [3.63, 3.8) is 0 Å². The minimum absolute atomic E-state index is 0.382. The molecule has 1 aliphatic carbocycles. The average molecular weight is 123 g/mol. The van der Waals surface area contributed by atoms with E-state index in [2.05, 4.69) is 19.9 Å². The van der Waals surface area contributed by atoms with E-state index in [-0.39, 0.29) is 0 Å². The predicted octanol–water partition coefficient (Wildman–Crippen LogP) is 2.34. The van der Waals surface area contributed by atoms with Crippen LogP contribution in [0.2, 0.25) is 0 Å². The Hall–Kier alpha value is -0.510. The van der Waals surface area contributed by atoms with Gasteiger partial charge >= 0.3 is 0 Å². The van der Waals surface area contributed by atoms with Gasteiger partial charge in [0, 0.05) is 0 Å². The monoisotopic (exact) mass is 123 g/mol. The minimum Gasteiger partial charge on any atom is -0.198 e. The fourth-order valence-corrected chi connectivity index (χ4v) is 1.56. The van der Waals surface area contributed by atoms with Crippen molar-refractivity contribution in [3.05, 3.63) is 0 Å². The molecule has 1 atom stereocenters. The molecule has 1 aliphatic rings. The van der Waals surface area contributed by atoms with E-state index in [1.165, 1.54) is 12.8 Å². The van der Waals surface area contributed by atoms with Crippen molar-refractivity contribution < 1.29 is 0 Å². The second kappa shape index (κ2) is 2.02. The highest BCUT2D eigenvalue weighted by atomic mass is 14.5. The largest absolute Gasteiger partial charge is 0.198 e. The zero-order valence-corrected chi connectivity index (χ0v) is 6.15. The molecule has 0 aromatic carbocycles. The summed E-state index contributed by atoms with van der Waals surface area (Å²) < 4.78 is 0. The van der Waals surface area contributed by atoms with E-state index in [0.29, 0.717) is 11.3 Å². The number of nitriles is 1. The molecule has 0 radical (unpaired) electrons. The topological polar surface area (TPSA) is 23.8 Å². The molecule has 9 heavy (non-hydrogen) atoms. The second-order valence-corrected chi connectivity index (χ2v) is 2.96. The zero-order chi connectivity index (χ0) is 6.91. The van der Waals surface area contributed by atoms with Gasteiger partial charge in [0.15, 0.2) is 0 Å². The molecule has 0 spiro atoms. The van der Waals surface area contributed by atoms with E-state index in [9.17, 15) is 0 Å². The normalized spacial score (nSPS) is 29.2. The summed E-state index contributed by atoms with van der Waals surface area (Å²) in [6.45, 7) is 4.36. The summed E-state index contributed by atoms with van der Waals surface area (Å²) >= 11 is 0. The summed E-state index contributed by atoms with van der Waals surface area (Å²) in [5.41, 5.74) is 0.439. The van der Waals surface area contributed by atoms with Gasteiger partial charge in [0.1, 0.15) is 0 Å². The lowest BCUT2D eigenvalue weighted by Crippen LogP contribution is -1.98. The van der Waals surface area contributed by atoms with E-state index in [1.807, 2.05) is 0 Å². The van der Waals surface area contributed by atoms with Crippen LogP contribution in [0.3, 0.4) is 0 Å². The van der Waals surface area contributed by atoms with Gasteiger partial charge < -0.3 is 0 Å². The Balaban J connectivity index is 2.49. The molecule has 1 nitrogen and oxygen atoms in total. The second-order valence-electron chi connectivity index (χ2n) is 2.96. The van der Waals surface area contributed by atoms with Crippen LogP contribution in [0.1, 0.15) is 33.1 Å². The van der Waals surface area contributed by atoms with Crippen LogP contribution in [0, 0.1) is 22.7 Å². The molecule has 0 aliphatic heterocycles. The van der Waals surface area contributed by atoms with Crippen molar-refractivity contribution >= 4 is 0 Å². The zero-order valence-electron chi connectivity index (χ0n) is 6.15. The van der Waals surface area contributed by atoms with Crippen molar-refractivity contribution in [2.75, 3.05) is 0 Å². The Morgan fingerprint density at radius 1 is 1.56 bits per heavy atom. The van der Waals surface area contributed by atoms with Gasteiger partial charge in [-0.25, -0.2) is 0 Å². The lowest BCUT2D eigenvalue weighted by Gasteiger charge is -2.06. The van der Waals surface area contributed by atoms with E-state index in [4.69, 9.17) is 5.26 Å². The van der Waals surface area contributed by atoms with Crippen LogP contribution >= 0.6 is 0 Å². The van der Waals surface area contributed by atoms with E-state index in [1.54, 1.807) is 0 Å². The van der Waals surface area contributed by atoms with Crippen LogP contribution in [0.5, 0.6) is 0 Å². The van der Waals surface area contributed by atoms with E-state index < -0.39 is 0 Å². The maximum atomic E-state index is 8.55. The van der Waals surface area contributed by atoms with Crippen molar-refractivity contribution in [1.29, 1.82) is 5.26 Å². The molecule has 0 aromatic rings. The fraction of sp³-hybridized carbons (Fsp3) is 0.875. The Morgan fingerprint density at radius 2 is 2.11 bits per heavy atom. The summed E-state index contributed by atoms with van der Waals surface area (Å²) in [7, 11) is 0. The maximum Gasteiger partial charge on any atom is 0.0661 e. The first-order valence-electron chi connectivity index (χ1n) is 3.68. The first kappa shape index (κ1) is 6.61. The molecule has 0 heterocycles. The number of hydrogen-bond donors (Lipinski definition) is 0. The SMILES string of the molecule is CCC1(CC)C[C@@H]1C#N. The van der Waals surface area contributed by atoms with Crippen LogP contribution in [0.15, 0.2) is 0 Å². The Kier molecular flexibility index (Phi) is 1.48. The molecule has 0 amide bonds. The number of nitrogens with zero attached hydrogens (tertiary/aromatic N) is 1. The standard InChI is InChI=1S/C8H13N/c1-3-8(4-2)5-7(8)6-9/h7H,3-5H2,1-2H3/t7-/m1/s1. The highest BCUT2D eigenvalue weighted by Crippen LogP contribution is 2.57. The lowest BCUT2D eigenvalue weighted by atomic mass is 9.98. The first-order chi connectivity index (χ1) is 4.29. The van der Waals surface area contributed by atoms with Crippen LogP contribution in [0.25, 0.3) is 0 Å². The van der Waals surface area contributed by atoms with E-state index in [0.717, 1.165) is 6.42 Å². The molecule has 0 unspecified atom stereocenters. The third kappa shape index (κ3) is 0.830. The minimum atomic E-state index is 0.382. The third-order valence-corrected chi connectivity index (χ3v) is 2.75. The van der Waals surface area contributed by atoms with Gasteiger partial charge in [-0.05, 0) is 24.7 Å². The smallest absolute Gasteiger partial charge is 0.0661 e. The quantitative estimate of drug-likeness (QED) is 0.553. The fourth-order valence-electron chi connectivity index (χ4n) is 1.56. The summed E-state index contributed by atoms with van der Waals surface area (Å²) in [5, 5.41) is 8.55. The molecule has 50 valence electrons. The third-order valence-electron chi connectivity index (χ3n) is 2.75. The van der Waals surface area contributed by atoms with Gasteiger partial charge in [-0.15, -0.1) is 0 Å². The van der Waals surface area contributed by atoms with Crippen LogP contribution in [-0.2, 0) is 0 Å². The van der Waals surface area contributed by atoms with Gasteiger partial charge in [-0.3, -0.25) is 0 Å². The van der Waals surface area contributed by atoms with Crippen LogP contribution < -0.4 is 0 Å². The molecule has 1 rings (SSSR count). The Morgan fingerprint density at radius 3 is 2.22 bits per heavy atom. The first-order valence-corrected chi connectivity index (χ1v) is 3.68. The molecule has 1 heteroatoms. The highest BCUT2D eigenvalue weighted by molar-refractivity contribution is 5.11. The van der Waals surface area contributed by atoms with Gasteiger partial charge in [0.05, 0.1) is 12.0 Å². The Bertz CT molecular complexity index is 139. The molecular formula is C8H13N. The van der Waals surface area contributed by atoms with Gasteiger partial charge in [0.2, 0.25) is 0 Å². The molecular weight excluding hydrogens is 110 g/mol. The summed E-state index contributed by atoms with van der Waals surface area (Å²) in [5.74, 6) is 0.382. The molecule has 1 saturated carbocycles. The molecule has 1 fully saturated rings. The van der Waals surface area contributed by atoms with Crippen molar-refractivity contribution in [1.82, 2.24) is 0 Å². The van der Waals surface area contributed by atoms with Crippen molar-refractivity contribution in [2.24, 2.45) is 11.3 Å². The maximum absolute atomic E-state index is 8.55.